The molecule has 1 aromatic carbocycles. The van der Waals surface area contributed by atoms with Crippen LogP contribution in [0.1, 0.15) is 18.4 Å². The normalized spacial score (nSPS) is 11.7. The number of anilines is 1. The third-order valence-corrected chi connectivity index (χ3v) is 2.89. The van der Waals surface area contributed by atoms with Crippen LogP contribution in [0.2, 0.25) is 0 Å². The number of carbonyl (C=O) groups is 1. The quantitative estimate of drug-likeness (QED) is 0.811. The van der Waals surface area contributed by atoms with E-state index in [1.807, 2.05) is 25.1 Å². The van der Waals surface area contributed by atoms with Crippen LogP contribution in [0.5, 0.6) is 5.88 Å². The molecule has 0 bridgehead atoms. The lowest BCUT2D eigenvalue weighted by atomic mass is 9.99. The van der Waals surface area contributed by atoms with Crippen LogP contribution in [0.15, 0.2) is 42.6 Å². The molecule has 21 heavy (non-hydrogen) atoms. The molecule has 2 rings (SSSR count). The highest BCUT2D eigenvalue weighted by Crippen LogP contribution is 2.17. The Labute approximate surface area is 122 Å². The topological polar surface area (TPSA) is 84.3 Å². The molecule has 1 atom stereocenters. The van der Waals surface area contributed by atoms with Gasteiger partial charge in [-0.15, -0.1) is 0 Å². The van der Waals surface area contributed by atoms with Crippen molar-refractivity contribution < 1.29 is 14.6 Å². The Hall–Kier alpha value is -2.63. The summed E-state index contributed by atoms with van der Waals surface area (Å²) in [6.45, 7) is 2.58. The minimum absolute atomic E-state index is 0.203. The maximum absolute atomic E-state index is 11.4. The Balaban J connectivity index is 2.06. The second-order valence-corrected chi connectivity index (χ2v) is 4.33. The van der Waals surface area contributed by atoms with Crippen LogP contribution in [0.25, 0.3) is 0 Å². The first kappa shape index (κ1) is 14.8. The van der Waals surface area contributed by atoms with Gasteiger partial charge < -0.3 is 15.2 Å². The zero-order valence-corrected chi connectivity index (χ0v) is 11.7. The molecule has 2 N–H and O–H groups in total. The zero-order chi connectivity index (χ0) is 15.1. The van der Waals surface area contributed by atoms with Gasteiger partial charge in [-0.3, -0.25) is 4.79 Å². The molecule has 0 aliphatic heterocycles. The largest absolute Gasteiger partial charge is 0.481 e. The van der Waals surface area contributed by atoms with Crippen LogP contribution in [0.3, 0.4) is 0 Å². The summed E-state index contributed by atoms with van der Waals surface area (Å²) >= 11 is 0. The summed E-state index contributed by atoms with van der Waals surface area (Å²) in [4.78, 5) is 19.6. The first-order valence-electron chi connectivity index (χ1n) is 6.68. The summed E-state index contributed by atoms with van der Waals surface area (Å²) in [5.74, 6) is -0.745. The van der Waals surface area contributed by atoms with Crippen LogP contribution in [-0.4, -0.2) is 34.2 Å². The number of carboxylic acids is 1. The molecule has 1 unspecified atom stereocenters. The van der Waals surface area contributed by atoms with Gasteiger partial charge in [0, 0.05) is 18.8 Å². The maximum Gasteiger partial charge on any atom is 0.312 e. The Kier molecular flexibility index (Phi) is 5.09. The predicted molar refractivity (Wildman–Crippen MR) is 78.5 cm³/mol. The van der Waals surface area contributed by atoms with E-state index >= 15 is 0 Å². The number of nitrogens with zero attached hydrogens (tertiary/aromatic N) is 2. The van der Waals surface area contributed by atoms with Gasteiger partial charge >= 0.3 is 5.97 Å². The summed E-state index contributed by atoms with van der Waals surface area (Å²) in [7, 11) is 0. The van der Waals surface area contributed by atoms with Crippen molar-refractivity contribution in [2.24, 2.45) is 0 Å². The number of aromatic nitrogens is 2. The molecule has 0 aliphatic rings. The van der Waals surface area contributed by atoms with E-state index in [-0.39, 0.29) is 6.54 Å². The summed E-state index contributed by atoms with van der Waals surface area (Å²) < 4.78 is 5.28. The second kappa shape index (κ2) is 7.23. The molecule has 110 valence electrons. The second-order valence-electron chi connectivity index (χ2n) is 4.33. The van der Waals surface area contributed by atoms with Gasteiger partial charge in [0.15, 0.2) is 0 Å². The van der Waals surface area contributed by atoms with E-state index in [9.17, 15) is 9.90 Å². The van der Waals surface area contributed by atoms with Crippen molar-refractivity contribution in [3.63, 3.8) is 0 Å². The number of aliphatic carboxylic acids is 1. The molecule has 0 amide bonds. The van der Waals surface area contributed by atoms with E-state index in [1.165, 1.54) is 0 Å². The molecule has 0 radical (unpaired) electrons. The minimum Gasteiger partial charge on any atom is -0.481 e. The van der Waals surface area contributed by atoms with E-state index in [4.69, 9.17) is 4.74 Å². The monoisotopic (exact) mass is 287 g/mol. The lowest BCUT2D eigenvalue weighted by molar-refractivity contribution is -0.138. The van der Waals surface area contributed by atoms with Gasteiger partial charge in [0.25, 0.3) is 0 Å². The number of hydrogen-bond acceptors (Lipinski definition) is 5. The molecule has 0 saturated heterocycles. The van der Waals surface area contributed by atoms with E-state index < -0.39 is 11.9 Å². The average Bonchev–Trinajstić information content (AvgIpc) is 2.49. The summed E-state index contributed by atoms with van der Waals surface area (Å²) in [6.07, 6.45) is 1.57. The van der Waals surface area contributed by atoms with Crippen molar-refractivity contribution in [2.45, 2.75) is 12.8 Å². The highest BCUT2D eigenvalue weighted by Gasteiger charge is 2.19. The van der Waals surface area contributed by atoms with Gasteiger partial charge in [-0.2, -0.15) is 4.98 Å². The fraction of sp³-hybridized carbons (Fsp3) is 0.267. The van der Waals surface area contributed by atoms with E-state index in [0.29, 0.717) is 18.4 Å². The van der Waals surface area contributed by atoms with Gasteiger partial charge in [-0.1, -0.05) is 30.3 Å². The maximum atomic E-state index is 11.4. The SMILES string of the molecule is CCOc1ccnc(NCC(C(=O)O)c2ccccc2)n1. The van der Waals surface area contributed by atoms with Crippen LogP contribution < -0.4 is 10.1 Å². The minimum atomic E-state index is -0.894. The van der Waals surface area contributed by atoms with Crippen LogP contribution >= 0.6 is 0 Å². The number of ether oxygens (including phenoxy) is 1. The van der Waals surface area contributed by atoms with Crippen molar-refractivity contribution in [3.8, 4) is 5.88 Å². The van der Waals surface area contributed by atoms with Crippen molar-refractivity contribution in [3.05, 3.63) is 48.2 Å². The van der Waals surface area contributed by atoms with E-state index in [2.05, 4.69) is 15.3 Å². The number of nitrogens with one attached hydrogen (secondary N) is 1. The van der Waals surface area contributed by atoms with Crippen molar-refractivity contribution in [2.75, 3.05) is 18.5 Å². The smallest absolute Gasteiger partial charge is 0.312 e. The van der Waals surface area contributed by atoms with Gasteiger partial charge in [0.1, 0.15) is 0 Å². The Morgan fingerprint density at radius 1 is 1.33 bits per heavy atom. The lowest BCUT2D eigenvalue weighted by Gasteiger charge is -2.14. The molecular formula is C15H17N3O3. The van der Waals surface area contributed by atoms with Gasteiger partial charge in [-0.25, -0.2) is 4.98 Å². The predicted octanol–water partition coefficient (Wildman–Crippen LogP) is 2.16. The summed E-state index contributed by atoms with van der Waals surface area (Å²) in [5, 5.41) is 12.3. The average molecular weight is 287 g/mol. The fourth-order valence-corrected chi connectivity index (χ4v) is 1.88. The van der Waals surface area contributed by atoms with Gasteiger partial charge in [0.2, 0.25) is 11.8 Å². The molecule has 0 saturated carbocycles. The van der Waals surface area contributed by atoms with E-state index in [0.717, 1.165) is 5.56 Å². The number of rotatable bonds is 7. The summed E-state index contributed by atoms with van der Waals surface area (Å²) in [6, 6.07) is 10.7. The van der Waals surface area contributed by atoms with Crippen molar-refractivity contribution >= 4 is 11.9 Å². The third kappa shape index (κ3) is 4.17. The molecule has 0 fully saturated rings. The number of carboxylic acid groups (broad SMARTS) is 1. The Morgan fingerprint density at radius 3 is 2.76 bits per heavy atom. The third-order valence-electron chi connectivity index (χ3n) is 2.89. The van der Waals surface area contributed by atoms with E-state index in [1.54, 1.807) is 24.4 Å². The molecule has 1 aromatic heterocycles. The first-order chi connectivity index (χ1) is 10.2. The highest BCUT2D eigenvalue weighted by atomic mass is 16.5. The molecule has 0 aliphatic carbocycles. The van der Waals surface area contributed by atoms with Gasteiger partial charge in [0.05, 0.1) is 12.5 Å². The van der Waals surface area contributed by atoms with Crippen LogP contribution in [0.4, 0.5) is 5.95 Å². The number of benzene rings is 1. The molecule has 1 heterocycles. The molecule has 0 spiro atoms. The number of hydrogen-bond donors (Lipinski definition) is 2. The van der Waals surface area contributed by atoms with Crippen molar-refractivity contribution in [1.82, 2.24) is 9.97 Å². The van der Waals surface area contributed by atoms with Gasteiger partial charge in [-0.05, 0) is 12.5 Å². The standard InChI is InChI=1S/C15H17N3O3/c1-2-21-13-8-9-16-15(18-13)17-10-12(14(19)20)11-6-4-3-5-7-11/h3-9,12H,2,10H2,1H3,(H,19,20)(H,16,17,18). The van der Waals surface area contributed by atoms with Crippen molar-refractivity contribution in [1.29, 1.82) is 0 Å². The zero-order valence-electron chi connectivity index (χ0n) is 11.7. The molecular weight excluding hydrogens is 270 g/mol. The highest BCUT2D eigenvalue weighted by molar-refractivity contribution is 5.76. The van der Waals surface area contributed by atoms with Crippen LogP contribution in [0, 0.1) is 0 Å². The Morgan fingerprint density at radius 2 is 2.10 bits per heavy atom. The lowest BCUT2D eigenvalue weighted by Crippen LogP contribution is -2.21. The summed E-state index contributed by atoms with van der Waals surface area (Å²) in [5.41, 5.74) is 0.735. The fourth-order valence-electron chi connectivity index (χ4n) is 1.88. The van der Waals surface area contributed by atoms with Crippen LogP contribution in [-0.2, 0) is 4.79 Å². The first-order valence-corrected chi connectivity index (χ1v) is 6.68. The Bertz CT molecular complexity index is 590. The molecule has 6 nitrogen and oxygen atoms in total. The molecule has 2 aromatic rings. The molecule has 6 heteroatoms.